The molecule has 0 saturated carbocycles. The largest absolute Gasteiger partial charge is 0.355 e. The molecule has 2 aromatic rings. The molecule has 0 bridgehead atoms. The lowest BCUT2D eigenvalue weighted by Crippen LogP contribution is -2.18. The van der Waals surface area contributed by atoms with Gasteiger partial charge in [-0.1, -0.05) is 6.07 Å². The van der Waals surface area contributed by atoms with Gasteiger partial charge in [0.2, 0.25) is 0 Å². The van der Waals surface area contributed by atoms with E-state index in [9.17, 15) is 0 Å². The molecule has 96 valence electrons. The summed E-state index contributed by atoms with van der Waals surface area (Å²) in [5.41, 5.74) is 8.89. The molecule has 0 aliphatic carbocycles. The number of hydrogen-bond acceptors (Lipinski definition) is 4. The van der Waals surface area contributed by atoms with E-state index in [4.69, 9.17) is 5.73 Å². The first kappa shape index (κ1) is 12.6. The molecule has 0 aliphatic rings. The molecule has 5 nitrogen and oxygen atoms in total. The van der Waals surface area contributed by atoms with Crippen LogP contribution >= 0.6 is 0 Å². The van der Waals surface area contributed by atoms with Crippen molar-refractivity contribution < 1.29 is 0 Å². The molecular weight excluding hydrogens is 226 g/mol. The number of anilines is 1. The molecule has 0 amide bonds. The fraction of sp³-hybridized carbons (Fsp3) is 0.385. The van der Waals surface area contributed by atoms with E-state index in [2.05, 4.69) is 15.0 Å². The van der Waals surface area contributed by atoms with Crippen LogP contribution in [0.5, 0.6) is 0 Å². The smallest absolute Gasteiger partial charge is 0.128 e. The molecule has 0 spiro atoms. The molecule has 2 rings (SSSR count). The van der Waals surface area contributed by atoms with Crippen LogP contribution in [0.2, 0.25) is 0 Å². The topological polar surface area (TPSA) is 60.0 Å². The van der Waals surface area contributed by atoms with Gasteiger partial charge in [0.05, 0.1) is 6.20 Å². The van der Waals surface area contributed by atoms with Crippen LogP contribution in [-0.4, -0.2) is 21.8 Å². The van der Waals surface area contributed by atoms with Crippen molar-refractivity contribution in [2.24, 2.45) is 12.8 Å². The van der Waals surface area contributed by atoms with Crippen LogP contribution in [-0.2, 0) is 20.1 Å². The summed E-state index contributed by atoms with van der Waals surface area (Å²) in [7, 11) is 3.94. The van der Waals surface area contributed by atoms with Gasteiger partial charge < -0.3 is 10.6 Å². The summed E-state index contributed by atoms with van der Waals surface area (Å²) in [6.45, 7) is 3.32. The third-order valence-corrected chi connectivity index (χ3v) is 2.97. The van der Waals surface area contributed by atoms with Crippen LogP contribution in [0.1, 0.15) is 16.8 Å². The molecule has 0 fully saturated rings. The maximum Gasteiger partial charge on any atom is 0.128 e. The van der Waals surface area contributed by atoms with Crippen LogP contribution in [0.15, 0.2) is 24.5 Å². The summed E-state index contributed by atoms with van der Waals surface area (Å²) >= 11 is 0. The Bertz CT molecular complexity index is 532. The van der Waals surface area contributed by atoms with E-state index in [1.807, 2.05) is 45.5 Å². The SMILES string of the molecule is Cc1nc(N(C)Cc2cnn(C)c2)ccc1CN. The third-order valence-electron chi connectivity index (χ3n) is 2.97. The molecular formula is C13H19N5. The van der Waals surface area contributed by atoms with Crippen molar-refractivity contribution in [3.63, 3.8) is 0 Å². The third kappa shape index (κ3) is 2.68. The van der Waals surface area contributed by atoms with Gasteiger partial charge >= 0.3 is 0 Å². The van der Waals surface area contributed by atoms with Crippen molar-refractivity contribution in [3.05, 3.63) is 41.3 Å². The molecule has 5 heteroatoms. The van der Waals surface area contributed by atoms with E-state index >= 15 is 0 Å². The monoisotopic (exact) mass is 245 g/mol. The second kappa shape index (κ2) is 5.18. The van der Waals surface area contributed by atoms with Crippen LogP contribution in [0.25, 0.3) is 0 Å². The highest BCUT2D eigenvalue weighted by atomic mass is 15.2. The molecule has 0 radical (unpaired) electrons. The summed E-state index contributed by atoms with van der Waals surface area (Å²) in [6, 6.07) is 4.04. The van der Waals surface area contributed by atoms with E-state index in [1.54, 1.807) is 4.68 Å². The van der Waals surface area contributed by atoms with E-state index in [-0.39, 0.29) is 0 Å². The van der Waals surface area contributed by atoms with Crippen LogP contribution in [0.4, 0.5) is 5.82 Å². The van der Waals surface area contributed by atoms with Gasteiger partial charge in [0.25, 0.3) is 0 Å². The van der Waals surface area contributed by atoms with Crippen molar-refractivity contribution in [3.8, 4) is 0 Å². The first-order chi connectivity index (χ1) is 8.60. The zero-order valence-corrected chi connectivity index (χ0v) is 11.1. The lowest BCUT2D eigenvalue weighted by Gasteiger charge is -2.18. The highest BCUT2D eigenvalue weighted by molar-refractivity contribution is 5.41. The molecule has 2 aromatic heterocycles. The Morgan fingerprint density at radius 1 is 1.39 bits per heavy atom. The van der Waals surface area contributed by atoms with Gasteiger partial charge in [-0.3, -0.25) is 4.68 Å². The first-order valence-electron chi connectivity index (χ1n) is 5.95. The number of nitrogens with zero attached hydrogens (tertiary/aromatic N) is 4. The van der Waals surface area contributed by atoms with Gasteiger partial charge in [0, 0.05) is 44.6 Å². The van der Waals surface area contributed by atoms with E-state index in [0.717, 1.165) is 23.6 Å². The zero-order chi connectivity index (χ0) is 13.1. The number of nitrogens with two attached hydrogens (primary N) is 1. The van der Waals surface area contributed by atoms with E-state index in [0.29, 0.717) is 6.54 Å². The second-order valence-corrected chi connectivity index (χ2v) is 4.50. The van der Waals surface area contributed by atoms with Crippen molar-refractivity contribution in [2.75, 3.05) is 11.9 Å². The molecule has 0 aliphatic heterocycles. The summed E-state index contributed by atoms with van der Waals surface area (Å²) < 4.78 is 1.80. The van der Waals surface area contributed by atoms with Crippen LogP contribution < -0.4 is 10.6 Å². The van der Waals surface area contributed by atoms with Gasteiger partial charge in [-0.05, 0) is 18.6 Å². The molecule has 0 atom stereocenters. The standard InChI is InChI=1S/C13H19N5/c1-10-12(6-14)4-5-13(16-10)17(2)8-11-7-15-18(3)9-11/h4-5,7,9H,6,8,14H2,1-3H3. The van der Waals surface area contributed by atoms with Crippen LogP contribution in [0, 0.1) is 6.92 Å². The lowest BCUT2D eigenvalue weighted by atomic mass is 10.2. The van der Waals surface area contributed by atoms with Gasteiger partial charge in [-0.25, -0.2) is 4.98 Å². The molecule has 0 saturated heterocycles. The van der Waals surface area contributed by atoms with Crippen molar-refractivity contribution in [1.29, 1.82) is 0 Å². The molecule has 2 N–H and O–H groups in total. The Balaban J connectivity index is 2.13. The van der Waals surface area contributed by atoms with Gasteiger partial charge in [-0.2, -0.15) is 5.10 Å². The Morgan fingerprint density at radius 2 is 2.17 bits per heavy atom. The van der Waals surface area contributed by atoms with E-state index in [1.165, 1.54) is 5.56 Å². The Labute approximate surface area is 107 Å². The summed E-state index contributed by atoms with van der Waals surface area (Å²) in [6.07, 6.45) is 3.88. The molecule has 0 unspecified atom stereocenters. The minimum atomic E-state index is 0.533. The summed E-state index contributed by atoms with van der Waals surface area (Å²) in [5, 5.41) is 4.16. The zero-order valence-electron chi connectivity index (χ0n) is 11.1. The lowest BCUT2D eigenvalue weighted by molar-refractivity contribution is 0.766. The van der Waals surface area contributed by atoms with Gasteiger partial charge in [0.1, 0.15) is 5.82 Å². The highest BCUT2D eigenvalue weighted by Crippen LogP contribution is 2.15. The van der Waals surface area contributed by atoms with Crippen LogP contribution in [0.3, 0.4) is 0 Å². The predicted molar refractivity (Wildman–Crippen MR) is 72.2 cm³/mol. The summed E-state index contributed by atoms with van der Waals surface area (Å²) in [5.74, 6) is 0.952. The number of aryl methyl sites for hydroxylation is 2. The average Bonchev–Trinajstić information content (AvgIpc) is 2.74. The number of aromatic nitrogens is 3. The molecule has 18 heavy (non-hydrogen) atoms. The Morgan fingerprint density at radius 3 is 2.72 bits per heavy atom. The number of hydrogen-bond donors (Lipinski definition) is 1. The quantitative estimate of drug-likeness (QED) is 0.880. The normalized spacial score (nSPS) is 10.7. The first-order valence-corrected chi connectivity index (χ1v) is 5.95. The Hall–Kier alpha value is -1.88. The average molecular weight is 245 g/mol. The van der Waals surface area contributed by atoms with Crippen molar-refractivity contribution >= 4 is 5.82 Å². The van der Waals surface area contributed by atoms with Crippen molar-refractivity contribution in [2.45, 2.75) is 20.0 Å². The number of pyridine rings is 1. The minimum Gasteiger partial charge on any atom is -0.355 e. The van der Waals surface area contributed by atoms with E-state index < -0.39 is 0 Å². The fourth-order valence-corrected chi connectivity index (χ4v) is 1.91. The maximum absolute atomic E-state index is 5.64. The van der Waals surface area contributed by atoms with Crippen molar-refractivity contribution in [1.82, 2.24) is 14.8 Å². The fourth-order valence-electron chi connectivity index (χ4n) is 1.91. The minimum absolute atomic E-state index is 0.533. The maximum atomic E-state index is 5.64. The number of rotatable bonds is 4. The second-order valence-electron chi connectivity index (χ2n) is 4.50. The van der Waals surface area contributed by atoms with Gasteiger partial charge in [0.15, 0.2) is 0 Å². The molecule has 2 heterocycles. The Kier molecular flexibility index (Phi) is 3.62. The molecule has 0 aromatic carbocycles. The van der Waals surface area contributed by atoms with Gasteiger partial charge in [-0.15, -0.1) is 0 Å². The highest BCUT2D eigenvalue weighted by Gasteiger charge is 2.07. The summed E-state index contributed by atoms with van der Waals surface area (Å²) in [4.78, 5) is 6.67. The predicted octanol–water partition coefficient (Wildman–Crippen LogP) is 1.22.